The molecule has 0 atom stereocenters. The maximum Gasteiger partial charge on any atom is 0.0632 e. The lowest BCUT2D eigenvalue weighted by Gasteiger charge is -2.06. The van der Waals surface area contributed by atoms with E-state index in [1.807, 2.05) is 19.1 Å². The molecule has 13 heavy (non-hydrogen) atoms. The zero-order valence-electron chi connectivity index (χ0n) is 7.95. The summed E-state index contributed by atoms with van der Waals surface area (Å²) >= 11 is 0. The molecule has 1 aromatic heterocycles. The maximum absolute atomic E-state index is 5.98. The van der Waals surface area contributed by atoms with E-state index in [9.17, 15) is 0 Å². The SMILES string of the molecule is Cc1ccc(CCC2(N)CC2)nn1. The molecule has 1 heterocycles. The second-order valence-corrected chi connectivity index (χ2v) is 4.03. The van der Waals surface area contributed by atoms with Gasteiger partial charge in [-0.15, -0.1) is 0 Å². The van der Waals surface area contributed by atoms with E-state index < -0.39 is 0 Å². The van der Waals surface area contributed by atoms with Crippen LogP contribution in [0.15, 0.2) is 12.1 Å². The Morgan fingerprint density at radius 3 is 2.69 bits per heavy atom. The van der Waals surface area contributed by atoms with E-state index in [-0.39, 0.29) is 5.54 Å². The molecule has 0 spiro atoms. The van der Waals surface area contributed by atoms with E-state index in [1.54, 1.807) is 0 Å². The number of hydrogen-bond acceptors (Lipinski definition) is 3. The summed E-state index contributed by atoms with van der Waals surface area (Å²) in [5.41, 5.74) is 8.14. The lowest BCUT2D eigenvalue weighted by atomic mass is 10.1. The Labute approximate surface area is 78.4 Å². The molecule has 0 radical (unpaired) electrons. The number of aryl methyl sites for hydroxylation is 2. The summed E-state index contributed by atoms with van der Waals surface area (Å²) in [6.07, 6.45) is 4.35. The first kappa shape index (κ1) is 8.63. The van der Waals surface area contributed by atoms with E-state index in [0.717, 1.165) is 24.2 Å². The fourth-order valence-corrected chi connectivity index (χ4v) is 1.35. The van der Waals surface area contributed by atoms with Crippen LogP contribution in [0.25, 0.3) is 0 Å². The molecule has 70 valence electrons. The van der Waals surface area contributed by atoms with Crippen molar-refractivity contribution in [2.45, 2.75) is 38.1 Å². The molecule has 1 saturated carbocycles. The summed E-state index contributed by atoms with van der Waals surface area (Å²) in [6, 6.07) is 4.03. The quantitative estimate of drug-likeness (QED) is 0.755. The van der Waals surface area contributed by atoms with E-state index in [2.05, 4.69) is 10.2 Å². The minimum absolute atomic E-state index is 0.132. The van der Waals surface area contributed by atoms with Gasteiger partial charge in [0.1, 0.15) is 0 Å². The van der Waals surface area contributed by atoms with Gasteiger partial charge in [0.15, 0.2) is 0 Å². The van der Waals surface area contributed by atoms with E-state index in [0.29, 0.717) is 0 Å². The van der Waals surface area contributed by atoms with Gasteiger partial charge in [-0.2, -0.15) is 10.2 Å². The monoisotopic (exact) mass is 177 g/mol. The minimum atomic E-state index is 0.132. The first-order chi connectivity index (χ1) is 6.18. The van der Waals surface area contributed by atoms with Crippen molar-refractivity contribution >= 4 is 0 Å². The average molecular weight is 177 g/mol. The second-order valence-electron chi connectivity index (χ2n) is 4.03. The van der Waals surface area contributed by atoms with Gasteiger partial charge < -0.3 is 5.73 Å². The van der Waals surface area contributed by atoms with Gasteiger partial charge in [-0.3, -0.25) is 0 Å². The van der Waals surface area contributed by atoms with Crippen molar-refractivity contribution in [1.29, 1.82) is 0 Å². The van der Waals surface area contributed by atoms with E-state index in [1.165, 1.54) is 12.8 Å². The van der Waals surface area contributed by atoms with Crippen LogP contribution in [-0.2, 0) is 6.42 Å². The van der Waals surface area contributed by atoms with E-state index in [4.69, 9.17) is 5.73 Å². The third kappa shape index (κ3) is 2.25. The molecule has 3 heteroatoms. The molecule has 0 saturated heterocycles. The fourth-order valence-electron chi connectivity index (χ4n) is 1.35. The van der Waals surface area contributed by atoms with Gasteiger partial charge in [0, 0.05) is 5.54 Å². The van der Waals surface area contributed by atoms with Crippen LogP contribution in [0.1, 0.15) is 30.7 Å². The van der Waals surface area contributed by atoms with Crippen molar-refractivity contribution in [2.75, 3.05) is 0 Å². The van der Waals surface area contributed by atoms with Crippen LogP contribution in [0.2, 0.25) is 0 Å². The van der Waals surface area contributed by atoms with Gasteiger partial charge >= 0.3 is 0 Å². The molecule has 1 aromatic rings. The molecule has 0 aliphatic heterocycles. The zero-order valence-corrected chi connectivity index (χ0v) is 7.95. The first-order valence-corrected chi connectivity index (χ1v) is 4.76. The van der Waals surface area contributed by atoms with Crippen LogP contribution in [0, 0.1) is 6.92 Å². The summed E-state index contributed by atoms with van der Waals surface area (Å²) in [5, 5.41) is 8.11. The molecule has 3 nitrogen and oxygen atoms in total. The highest BCUT2D eigenvalue weighted by Crippen LogP contribution is 2.36. The van der Waals surface area contributed by atoms with Crippen molar-refractivity contribution in [3.63, 3.8) is 0 Å². The third-order valence-corrected chi connectivity index (χ3v) is 2.62. The second kappa shape index (κ2) is 3.07. The van der Waals surface area contributed by atoms with Gasteiger partial charge in [0.25, 0.3) is 0 Å². The molecular weight excluding hydrogens is 162 g/mol. The molecule has 1 aliphatic carbocycles. The standard InChI is InChI=1S/C10H15N3/c1-8-2-3-9(13-12-8)4-5-10(11)6-7-10/h2-3H,4-7,11H2,1H3. The number of nitrogens with two attached hydrogens (primary N) is 1. The Bertz CT molecular complexity index is 288. The average Bonchev–Trinajstić information content (AvgIpc) is 2.84. The molecule has 0 aromatic carbocycles. The molecule has 1 aliphatic rings. The lowest BCUT2D eigenvalue weighted by Crippen LogP contribution is -2.22. The molecule has 0 amide bonds. The van der Waals surface area contributed by atoms with Crippen LogP contribution in [0.4, 0.5) is 0 Å². The van der Waals surface area contributed by atoms with E-state index >= 15 is 0 Å². The van der Waals surface area contributed by atoms with Crippen molar-refractivity contribution < 1.29 is 0 Å². The fraction of sp³-hybridized carbons (Fsp3) is 0.600. The van der Waals surface area contributed by atoms with Crippen LogP contribution in [-0.4, -0.2) is 15.7 Å². The Hall–Kier alpha value is -0.960. The van der Waals surface area contributed by atoms with Crippen LogP contribution < -0.4 is 5.73 Å². The number of hydrogen-bond donors (Lipinski definition) is 1. The zero-order chi connectivity index (χ0) is 9.31. The van der Waals surface area contributed by atoms with Crippen molar-refractivity contribution in [3.8, 4) is 0 Å². The van der Waals surface area contributed by atoms with Crippen LogP contribution >= 0.6 is 0 Å². The third-order valence-electron chi connectivity index (χ3n) is 2.62. The van der Waals surface area contributed by atoms with Crippen molar-refractivity contribution in [1.82, 2.24) is 10.2 Å². The Morgan fingerprint density at radius 1 is 1.38 bits per heavy atom. The van der Waals surface area contributed by atoms with Gasteiger partial charge in [-0.1, -0.05) is 0 Å². The highest BCUT2D eigenvalue weighted by atomic mass is 15.1. The normalized spacial score (nSPS) is 18.6. The summed E-state index contributed by atoms with van der Waals surface area (Å²) in [4.78, 5) is 0. The molecule has 0 unspecified atom stereocenters. The topological polar surface area (TPSA) is 51.8 Å². The summed E-state index contributed by atoms with van der Waals surface area (Å²) in [7, 11) is 0. The smallest absolute Gasteiger partial charge is 0.0632 e. The van der Waals surface area contributed by atoms with Gasteiger partial charge in [-0.25, -0.2) is 0 Å². The lowest BCUT2D eigenvalue weighted by molar-refractivity contribution is 0.599. The first-order valence-electron chi connectivity index (χ1n) is 4.76. The molecule has 2 rings (SSSR count). The number of nitrogens with zero attached hydrogens (tertiary/aromatic N) is 2. The van der Waals surface area contributed by atoms with Gasteiger partial charge in [-0.05, 0) is 44.7 Å². The molecular formula is C10H15N3. The van der Waals surface area contributed by atoms with Crippen LogP contribution in [0.3, 0.4) is 0 Å². The Kier molecular flexibility index (Phi) is 2.04. The molecule has 1 fully saturated rings. The summed E-state index contributed by atoms with van der Waals surface area (Å²) < 4.78 is 0. The highest BCUT2D eigenvalue weighted by molar-refractivity contribution is 5.08. The minimum Gasteiger partial charge on any atom is -0.325 e. The predicted molar refractivity (Wildman–Crippen MR) is 51.2 cm³/mol. The number of rotatable bonds is 3. The Morgan fingerprint density at radius 2 is 2.15 bits per heavy atom. The highest BCUT2D eigenvalue weighted by Gasteiger charge is 2.37. The molecule has 0 bridgehead atoms. The predicted octanol–water partition coefficient (Wildman–Crippen LogP) is 1.21. The van der Waals surface area contributed by atoms with Gasteiger partial charge in [0.05, 0.1) is 11.4 Å². The van der Waals surface area contributed by atoms with Gasteiger partial charge in [0.2, 0.25) is 0 Å². The maximum atomic E-state index is 5.98. The Balaban J connectivity index is 1.91. The number of aromatic nitrogens is 2. The molecule has 2 N–H and O–H groups in total. The largest absolute Gasteiger partial charge is 0.325 e. The van der Waals surface area contributed by atoms with Crippen molar-refractivity contribution in [2.24, 2.45) is 5.73 Å². The van der Waals surface area contributed by atoms with Crippen molar-refractivity contribution in [3.05, 3.63) is 23.5 Å². The summed E-state index contributed by atoms with van der Waals surface area (Å²) in [5.74, 6) is 0. The summed E-state index contributed by atoms with van der Waals surface area (Å²) in [6.45, 7) is 1.95. The van der Waals surface area contributed by atoms with Crippen LogP contribution in [0.5, 0.6) is 0 Å².